The van der Waals surface area contributed by atoms with Gasteiger partial charge in [-0.05, 0) is 89.2 Å². The number of halogens is 3. The van der Waals surface area contributed by atoms with Crippen LogP contribution in [0.2, 0.25) is 0 Å². The molecule has 57 heavy (non-hydrogen) atoms. The van der Waals surface area contributed by atoms with Crippen molar-refractivity contribution in [1.29, 1.82) is 0 Å². The highest BCUT2D eigenvalue weighted by Crippen LogP contribution is 2.57. The number of carbonyl (C=O) groups excluding carboxylic acids is 4. The lowest BCUT2D eigenvalue weighted by molar-refractivity contribution is -0.257. The molecule has 13 nitrogen and oxygen atoms in total. The second-order valence-corrected chi connectivity index (χ2v) is 18.6. The molecule has 312 valence electrons. The Morgan fingerprint density at radius 2 is 1.68 bits per heavy atom. The van der Waals surface area contributed by atoms with E-state index in [2.05, 4.69) is 14.9 Å². The molecular formula is C40H51F3N4O9S. The molecule has 0 radical (unpaired) electrons. The number of aromatic nitrogens is 2. The van der Waals surface area contributed by atoms with E-state index < -0.39 is 92.4 Å². The van der Waals surface area contributed by atoms with Gasteiger partial charge in [0, 0.05) is 12.8 Å². The number of nitrogens with one attached hydrogen (secondary N) is 1. The maximum Gasteiger partial charge on any atom is 0.427 e. The molecule has 1 aromatic carbocycles. The summed E-state index contributed by atoms with van der Waals surface area (Å²) in [5.41, 5.74) is -4.18. The summed E-state index contributed by atoms with van der Waals surface area (Å²) in [6, 6.07) is 5.94. The van der Waals surface area contributed by atoms with Crippen molar-refractivity contribution in [3.8, 4) is 11.8 Å². The Morgan fingerprint density at radius 3 is 2.33 bits per heavy atom. The van der Waals surface area contributed by atoms with Gasteiger partial charge in [-0.3, -0.25) is 23.9 Å². The van der Waals surface area contributed by atoms with E-state index in [1.165, 1.54) is 4.90 Å². The van der Waals surface area contributed by atoms with Gasteiger partial charge in [-0.2, -0.15) is 13.2 Å². The van der Waals surface area contributed by atoms with Gasteiger partial charge in [0.15, 0.2) is 5.78 Å². The van der Waals surface area contributed by atoms with E-state index in [9.17, 15) is 40.8 Å². The molecule has 6 rings (SSSR count). The van der Waals surface area contributed by atoms with Crippen LogP contribution < -0.4 is 14.2 Å². The van der Waals surface area contributed by atoms with Gasteiger partial charge in [0.25, 0.3) is 0 Å². The van der Waals surface area contributed by atoms with Crippen LogP contribution in [0.25, 0.3) is 10.8 Å². The Labute approximate surface area is 330 Å². The van der Waals surface area contributed by atoms with Gasteiger partial charge in [0.05, 0.1) is 53.0 Å². The van der Waals surface area contributed by atoms with Crippen molar-refractivity contribution in [2.75, 3.05) is 13.2 Å². The third kappa shape index (κ3) is 9.23. The molecule has 2 aliphatic heterocycles. The van der Waals surface area contributed by atoms with E-state index in [4.69, 9.17) is 14.2 Å². The molecule has 7 atom stereocenters. The maximum absolute atomic E-state index is 14.8. The molecule has 2 amide bonds. The number of nitrogens with zero attached hydrogens (tertiary/aromatic N) is 3. The van der Waals surface area contributed by atoms with Gasteiger partial charge in [-0.25, -0.2) is 8.42 Å². The van der Waals surface area contributed by atoms with Crippen molar-refractivity contribution < 1.29 is 55.0 Å². The lowest BCUT2D eigenvalue weighted by Crippen LogP contribution is -2.48. The first-order valence-corrected chi connectivity index (χ1v) is 21.2. The lowest BCUT2D eigenvalue weighted by atomic mass is 9.82. The van der Waals surface area contributed by atoms with E-state index in [0.29, 0.717) is 49.5 Å². The number of alkyl halides is 3. The maximum atomic E-state index is 14.8. The van der Waals surface area contributed by atoms with Gasteiger partial charge in [0.2, 0.25) is 39.2 Å². The number of fused-ring (bicyclic) bond motifs is 3. The fourth-order valence-corrected chi connectivity index (χ4v) is 9.48. The quantitative estimate of drug-likeness (QED) is 0.225. The summed E-state index contributed by atoms with van der Waals surface area (Å²) in [6.45, 7) is 7.19. The van der Waals surface area contributed by atoms with Gasteiger partial charge in [-0.1, -0.05) is 38.1 Å². The topological polar surface area (TPSA) is 171 Å². The number of ketones is 1. The van der Waals surface area contributed by atoms with Crippen LogP contribution >= 0.6 is 0 Å². The van der Waals surface area contributed by atoms with Crippen molar-refractivity contribution in [2.45, 2.75) is 122 Å². The summed E-state index contributed by atoms with van der Waals surface area (Å²) in [7, 11) is -3.94. The number of hydrogen-bond acceptors (Lipinski definition) is 11. The van der Waals surface area contributed by atoms with Crippen LogP contribution in [0.3, 0.4) is 0 Å². The van der Waals surface area contributed by atoms with E-state index in [0.717, 1.165) is 13.8 Å². The molecule has 0 bridgehead atoms. The highest BCUT2D eigenvalue weighted by Gasteiger charge is 2.62. The molecule has 17 heteroatoms. The smallest absolute Gasteiger partial charge is 0.427 e. The van der Waals surface area contributed by atoms with Crippen LogP contribution in [-0.4, -0.2) is 89.4 Å². The summed E-state index contributed by atoms with van der Waals surface area (Å²) >= 11 is 0. The highest BCUT2D eigenvalue weighted by molar-refractivity contribution is 7.90. The van der Waals surface area contributed by atoms with Crippen molar-refractivity contribution in [3.05, 3.63) is 36.4 Å². The van der Waals surface area contributed by atoms with Gasteiger partial charge in [0.1, 0.15) is 6.10 Å². The fraction of sp³-hybridized carbons (Fsp3) is 0.650. The molecule has 2 saturated carbocycles. The van der Waals surface area contributed by atoms with Crippen LogP contribution in [-0.2, 0) is 33.9 Å². The van der Waals surface area contributed by atoms with Crippen LogP contribution in [0.15, 0.2) is 36.4 Å². The molecule has 4 aliphatic rings. The number of sulfonamides is 1. The molecule has 0 unspecified atom stereocenters. The Balaban J connectivity index is 1.35. The highest BCUT2D eigenvalue weighted by atomic mass is 32.2. The molecule has 2 aromatic rings. The predicted molar refractivity (Wildman–Crippen MR) is 201 cm³/mol. The lowest BCUT2D eigenvalue weighted by Gasteiger charge is -2.33. The summed E-state index contributed by atoms with van der Waals surface area (Å²) in [4.78, 5) is 57.7. The van der Waals surface area contributed by atoms with E-state index in [1.807, 2.05) is 19.1 Å². The number of esters is 1. The van der Waals surface area contributed by atoms with Crippen LogP contribution in [0.1, 0.15) is 92.4 Å². The molecule has 1 aromatic heterocycles. The van der Waals surface area contributed by atoms with Crippen molar-refractivity contribution in [3.63, 3.8) is 0 Å². The molecule has 2 aliphatic carbocycles. The van der Waals surface area contributed by atoms with Crippen LogP contribution in [0.5, 0.6) is 11.8 Å². The van der Waals surface area contributed by atoms with Crippen LogP contribution in [0, 0.1) is 29.1 Å². The van der Waals surface area contributed by atoms with Crippen molar-refractivity contribution in [2.24, 2.45) is 29.1 Å². The first kappa shape index (κ1) is 42.3. The van der Waals surface area contributed by atoms with E-state index in [-0.39, 0.29) is 43.5 Å². The second kappa shape index (κ2) is 16.2. The minimum Gasteiger partial charge on any atom is -0.476 e. The normalized spacial score (nSPS) is 29.4. The zero-order chi connectivity index (χ0) is 41.5. The second-order valence-electron chi connectivity index (χ2n) is 16.7. The number of ether oxygens (including phenoxy) is 3. The number of amides is 2. The zero-order valence-electron chi connectivity index (χ0n) is 32.8. The molecule has 1 saturated heterocycles. The number of benzene rings is 1. The zero-order valence-corrected chi connectivity index (χ0v) is 33.7. The Hall–Kier alpha value is -4.28. The number of allylic oxidation sites excluding steroid dienone is 2. The molecular weight excluding hydrogens is 770 g/mol. The number of rotatable bonds is 10. The Kier molecular flexibility index (Phi) is 12.0. The van der Waals surface area contributed by atoms with Gasteiger partial charge in [-0.15, -0.1) is 10.2 Å². The Morgan fingerprint density at radius 1 is 1.02 bits per heavy atom. The number of hydrogen-bond donors (Lipinski definition) is 1. The molecule has 0 spiro atoms. The SMILES string of the molecule is CCOc1nnc(O[C@@H]2C[C@H]3C(=O)C[C@]4(C(=O)NS(=O)(=O)C5CC5)C[C@H]4/C=C\CC[C@H](C)C[C@@H](C)[C@H](CC(=O)OC(C)(C)C(F)(F)F)C(=O)N3C2)c2ccccc12. The van der Waals surface area contributed by atoms with Gasteiger partial charge >= 0.3 is 12.1 Å². The fourth-order valence-electron chi connectivity index (χ4n) is 8.09. The Bertz CT molecular complexity index is 2020. The average Bonchev–Trinajstić information content (AvgIpc) is 4.06. The standard InChI is InChI=1S/C40H51F3N4O9S/c1-6-54-34-28-13-9-10-14-29(28)35(45-44-34)55-26-18-31-32(48)21-39(37(51)46-57(52,53)27-15-16-27)20-25(39)12-8-7-11-23(2)17-24(3)30(36(50)47(31)22-26)19-33(49)56-38(4,5)40(41,42)43/h8-10,12-14,23-27,30-31H,6-7,11,15-22H2,1-5H3,(H,46,51)/b12-8-/t23-,24+,25+,26+,30-,31-,39+/m0/s1. The largest absolute Gasteiger partial charge is 0.476 e. The summed E-state index contributed by atoms with van der Waals surface area (Å²) in [5, 5.41) is 8.94. The molecule has 1 N–H and O–H groups in total. The summed E-state index contributed by atoms with van der Waals surface area (Å²) in [6.07, 6.45) is -0.238. The van der Waals surface area contributed by atoms with Gasteiger partial charge < -0.3 is 19.1 Å². The number of Topliss-reactive ketones (excluding diaryl/α,β-unsaturated/α-hetero) is 1. The monoisotopic (exact) mass is 820 g/mol. The minimum absolute atomic E-state index is 0.0160. The van der Waals surface area contributed by atoms with Crippen molar-refractivity contribution in [1.82, 2.24) is 19.8 Å². The van der Waals surface area contributed by atoms with E-state index in [1.54, 1.807) is 38.1 Å². The third-order valence-electron chi connectivity index (χ3n) is 11.8. The average molecular weight is 821 g/mol. The first-order chi connectivity index (χ1) is 26.8. The predicted octanol–water partition coefficient (Wildman–Crippen LogP) is 5.85. The third-order valence-corrected chi connectivity index (χ3v) is 13.6. The first-order valence-electron chi connectivity index (χ1n) is 19.7. The number of carbonyl (C=O) groups is 4. The molecule has 3 fully saturated rings. The van der Waals surface area contributed by atoms with E-state index >= 15 is 0 Å². The molecule has 3 heterocycles. The summed E-state index contributed by atoms with van der Waals surface area (Å²) < 4.78 is 86.2. The minimum atomic E-state index is -4.87. The van der Waals surface area contributed by atoms with Crippen LogP contribution in [0.4, 0.5) is 13.2 Å². The van der Waals surface area contributed by atoms with Crippen molar-refractivity contribution >= 4 is 44.4 Å². The summed E-state index contributed by atoms with van der Waals surface area (Å²) in [5.74, 6) is -4.81.